The lowest BCUT2D eigenvalue weighted by Crippen LogP contribution is -2.46. The van der Waals surface area contributed by atoms with Crippen LogP contribution in [0.3, 0.4) is 0 Å². The van der Waals surface area contributed by atoms with Crippen LogP contribution in [0.15, 0.2) is 12.4 Å². The van der Waals surface area contributed by atoms with E-state index in [0.29, 0.717) is 18.0 Å². The number of nitrogens with zero attached hydrogens (tertiary/aromatic N) is 4. The molecule has 1 aliphatic rings. The molecule has 1 aliphatic heterocycles. The van der Waals surface area contributed by atoms with Gasteiger partial charge in [0, 0.05) is 45.1 Å². The Morgan fingerprint density at radius 3 is 2.41 bits per heavy atom. The monoisotopic (exact) mass is 305 g/mol. The number of hydrogen-bond acceptors (Lipinski definition) is 5. The molecule has 1 aromatic heterocycles. The van der Waals surface area contributed by atoms with Crippen LogP contribution in [-0.4, -0.2) is 60.0 Å². The Kier molecular flexibility index (Phi) is 6.12. The number of carbonyl (C=O) groups excluding carboxylic acids is 1. The van der Waals surface area contributed by atoms with Gasteiger partial charge in [-0.1, -0.05) is 20.8 Å². The minimum absolute atomic E-state index is 0.0944. The molecule has 2 heterocycles. The minimum atomic E-state index is -0.0944. The number of nitrogens with one attached hydrogen (secondary N) is 1. The maximum absolute atomic E-state index is 12.0. The molecule has 122 valence electrons. The summed E-state index contributed by atoms with van der Waals surface area (Å²) in [6.45, 7) is 12.2. The predicted octanol–water partition coefficient (Wildman–Crippen LogP) is 1.39. The second-order valence-electron chi connectivity index (χ2n) is 6.13. The number of carbonyl (C=O) groups is 1. The van der Waals surface area contributed by atoms with Crippen molar-refractivity contribution in [3.05, 3.63) is 18.0 Å². The van der Waals surface area contributed by atoms with Crippen LogP contribution in [0.4, 0.5) is 5.95 Å². The van der Waals surface area contributed by atoms with E-state index in [-0.39, 0.29) is 5.91 Å². The van der Waals surface area contributed by atoms with E-state index >= 15 is 0 Å². The number of hydrogen-bond donors (Lipinski definition) is 1. The summed E-state index contributed by atoms with van der Waals surface area (Å²) in [5.74, 6) is 1.21. The molecule has 0 radical (unpaired) electrons. The number of aromatic nitrogens is 2. The fraction of sp³-hybridized carbons (Fsp3) is 0.688. The Morgan fingerprint density at radius 2 is 1.86 bits per heavy atom. The largest absolute Gasteiger partial charge is 0.352 e. The molecule has 6 nitrogen and oxygen atoms in total. The SMILES string of the molecule is CCN1CCN(c2ncc(C(=O)NCCC(C)C)cn2)CC1. The molecule has 0 bridgehead atoms. The van der Waals surface area contributed by atoms with E-state index in [4.69, 9.17) is 0 Å². The number of piperazine rings is 1. The zero-order valence-corrected chi connectivity index (χ0v) is 13.9. The third kappa shape index (κ3) is 4.66. The standard InChI is InChI=1S/C16H27N5O/c1-4-20-7-9-21(10-8-20)16-18-11-14(12-19-16)15(22)17-6-5-13(2)3/h11-13H,4-10H2,1-3H3,(H,17,22). The Morgan fingerprint density at radius 1 is 1.23 bits per heavy atom. The van der Waals surface area contributed by atoms with Crippen molar-refractivity contribution in [1.82, 2.24) is 20.2 Å². The van der Waals surface area contributed by atoms with Gasteiger partial charge >= 0.3 is 0 Å². The number of likely N-dealkylation sites (N-methyl/N-ethyl adjacent to an activating group) is 1. The highest BCUT2D eigenvalue weighted by molar-refractivity contribution is 5.93. The third-order valence-electron chi connectivity index (χ3n) is 4.01. The summed E-state index contributed by atoms with van der Waals surface area (Å²) in [6, 6.07) is 0. The van der Waals surface area contributed by atoms with Gasteiger partial charge in [0.05, 0.1) is 5.56 Å². The lowest BCUT2D eigenvalue weighted by Gasteiger charge is -2.33. The van der Waals surface area contributed by atoms with Crippen molar-refractivity contribution in [1.29, 1.82) is 0 Å². The summed E-state index contributed by atoms with van der Waals surface area (Å²) in [7, 11) is 0. The van der Waals surface area contributed by atoms with Gasteiger partial charge in [0.2, 0.25) is 5.95 Å². The van der Waals surface area contributed by atoms with Gasteiger partial charge in [-0.15, -0.1) is 0 Å². The molecule has 0 spiro atoms. The maximum atomic E-state index is 12.0. The Hall–Kier alpha value is -1.69. The van der Waals surface area contributed by atoms with Gasteiger partial charge in [-0.2, -0.15) is 0 Å². The summed E-state index contributed by atoms with van der Waals surface area (Å²) >= 11 is 0. The van der Waals surface area contributed by atoms with E-state index in [9.17, 15) is 4.79 Å². The highest BCUT2D eigenvalue weighted by Gasteiger charge is 2.18. The summed E-state index contributed by atoms with van der Waals surface area (Å²) < 4.78 is 0. The third-order valence-corrected chi connectivity index (χ3v) is 4.01. The fourth-order valence-corrected chi connectivity index (χ4v) is 2.44. The topological polar surface area (TPSA) is 61.4 Å². The van der Waals surface area contributed by atoms with Crippen molar-refractivity contribution in [3.8, 4) is 0 Å². The lowest BCUT2D eigenvalue weighted by molar-refractivity contribution is 0.0951. The summed E-state index contributed by atoms with van der Waals surface area (Å²) in [5.41, 5.74) is 0.528. The van der Waals surface area contributed by atoms with Crippen molar-refractivity contribution >= 4 is 11.9 Å². The molecule has 22 heavy (non-hydrogen) atoms. The molecule has 1 aromatic rings. The van der Waals surface area contributed by atoms with Crippen LogP contribution in [0.1, 0.15) is 37.6 Å². The van der Waals surface area contributed by atoms with Gasteiger partial charge in [0.1, 0.15) is 0 Å². The molecule has 6 heteroatoms. The first-order chi connectivity index (χ1) is 10.6. The highest BCUT2D eigenvalue weighted by Crippen LogP contribution is 2.10. The van der Waals surface area contributed by atoms with Gasteiger partial charge < -0.3 is 15.1 Å². The first-order valence-corrected chi connectivity index (χ1v) is 8.17. The summed E-state index contributed by atoms with van der Waals surface area (Å²) in [6.07, 6.45) is 4.23. The van der Waals surface area contributed by atoms with Crippen LogP contribution >= 0.6 is 0 Å². The molecule has 0 aromatic carbocycles. The van der Waals surface area contributed by atoms with Gasteiger partial charge in [0.25, 0.3) is 5.91 Å². The smallest absolute Gasteiger partial charge is 0.254 e. The molecule has 0 atom stereocenters. The average Bonchev–Trinajstić information content (AvgIpc) is 2.54. The number of rotatable bonds is 6. The maximum Gasteiger partial charge on any atom is 0.254 e. The number of amides is 1. The van der Waals surface area contributed by atoms with Crippen LogP contribution in [0.5, 0.6) is 0 Å². The predicted molar refractivity (Wildman–Crippen MR) is 88.1 cm³/mol. The van der Waals surface area contributed by atoms with Crippen molar-refractivity contribution in [2.75, 3.05) is 44.2 Å². The van der Waals surface area contributed by atoms with E-state index in [1.807, 2.05) is 0 Å². The Labute approximate surface area is 132 Å². The number of anilines is 1. The van der Waals surface area contributed by atoms with Crippen molar-refractivity contribution in [3.63, 3.8) is 0 Å². The van der Waals surface area contributed by atoms with E-state index in [2.05, 4.69) is 45.9 Å². The molecular weight excluding hydrogens is 278 g/mol. The summed E-state index contributed by atoms with van der Waals surface area (Å²) in [4.78, 5) is 25.3. The second-order valence-corrected chi connectivity index (χ2v) is 6.13. The molecular formula is C16H27N5O. The average molecular weight is 305 g/mol. The van der Waals surface area contributed by atoms with E-state index < -0.39 is 0 Å². The van der Waals surface area contributed by atoms with Gasteiger partial charge in [0.15, 0.2) is 0 Å². The first kappa shape index (κ1) is 16.7. The van der Waals surface area contributed by atoms with Crippen LogP contribution in [0, 0.1) is 5.92 Å². The van der Waals surface area contributed by atoms with Crippen molar-refractivity contribution < 1.29 is 4.79 Å². The van der Waals surface area contributed by atoms with Gasteiger partial charge in [-0.3, -0.25) is 4.79 Å². The van der Waals surface area contributed by atoms with Crippen LogP contribution in [-0.2, 0) is 0 Å². The molecule has 1 fully saturated rings. The molecule has 0 aliphatic carbocycles. The fourth-order valence-electron chi connectivity index (χ4n) is 2.44. The normalized spacial score (nSPS) is 16.1. The van der Waals surface area contributed by atoms with E-state index in [1.54, 1.807) is 12.4 Å². The van der Waals surface area contributed by atoms with Crippen molar-refractivity contribution in [2.45, 2.75) is 27.2 Å². The molecule has 1 amide bonds. The lowest BCUT2D eigenvalue weighted by atomic mass is 10.1. The molecule has 0 unspecified atom stereocenters. The van der Waals surface area contributed by atoms with Gasteiger partial charge in [-0.05, 0) is 18.9 Å². The molecule has 2 rings (SSSR count). The van der Waals surface area contributed by atoms with Crippen LogP contribution in [0.25, 0.3) is 0 Å². The first-order valence-electron chi connectivity index (χ1n) is 8.17. The van der Waals surface area contributed by atoms with Crippen LogP contribution < -0.4 is 10.2 Å². The zero-order chi connectivity index (χ0) is 15.9. The molecule has 1 N–H and O–H groups in total. The quantitative estimate of drug-likeness (QED) is 0.861. The summed E-state index contributed by atoms with van der Waals surface area (Å²) in [5, 5.41) is 2.90. The Bertz CT molecular complexity index is 466. The minimum Gasteiger partial charge on any atom is -0.352 e. The second kappa shape index (κ2) is 8.08. The van der Waals surface area contributed by atoms with E-state index in [0.717, 1.165) is 45.1 Å². The van der Waals surface area contributed by atoms with Gasteiger partial charge in [-0.25, -0.2) is 9.97 Å². The molecule has 1 saturated heterocycles. The van der Waals surface area contributed by atoms with E-state index in [1.165, 1.54) is 0 Å². The van der Waals surface area contributed by atoms with Crippen molar-refractivity contribution in [2.24, 2.45) is 5.92 Å². The molecule has 0 saturated carbocycles. The zero-order valence-electron chi connectivity index (χ0n) is 13.9. The van der Waals surface area contributed by atoms with Crippen LogP contribution in [0.2, 0.25) is 0 Å². The Balaban J connectivity index is 1.86. The highest BCUT2D eigenvalue weighted by atomic mass is 16.1.